The van der Waals surface area contributed by atoms with Gasteiger partial charge in [0.25, 0.3) is 8.32 Å². The lowest BCUT2D eigenvalue weighted by molar-refractivity contribution is -0.144. The van der Waals surface area contributed by atoms with Crippen LogP contribution < -0.4 is 9.74 Å². The number of nitrogens with one attached hydrogen (secondary N) is 1. The molecular weight excluding hydrogens is 606 g/mol. The van der Waals surface area contributed by atoms with Crippen molar-refractivity contribution in [1.29, 1.82) is 0 Å². The minimum Gasteiger partial charge on any atom is -0.543 e. The number of aliphatic carboxylic acids is 1. The lowest BCUT2D eigenvalue weighted by atomic mass is 9.96. The third-order valence-corrected chi connectivity index (χ3v) is 11.8. The Morgan fingerprint density at radius 2 is 1.76 bits per heavy atom. The third kappa shape index (κ3) is 13.3. The van der Waals surface area contributed by atoms with Crippen LogP contribution in [0.1, 0.15) is 85.8 Å². The minimum atomic E-state index is -2.08. The van der Waals surface area contributed by atoms with Crippen LogP contribution in [0, 0.1) is 5.92 Å². The van der Waals surface area contributed by atoms with Gasteiger partial charge in [0.15, 0.2) is 0 Å². The van der Waals surface area contributed by atoms with Crippen LogP contribution in [0.4, 0.5) is 4.79 Å². The second-order valence-corrected chi connectivity index (χ2v) is 18.4. The van der Waals surface area contributed by atoms with Gasteiger partial charge in [-0.2, -0.15) is 0 Å². The molecule has 1 rings (SSSR count). The molecule has 0 radical (unpaired) electrons. The van der Waals surface area contributed by atoms with E-state index in [0.717, 1.165) is 10.0 Å². The fourth-order valence-corrected chi connectivity index (χ4v) is 5.26. The van der Waals surface area contributed by atoms with Crippen molar-refractivity contribution in [3.8, 4) is 5.75 Å². The van der Waals surface area contributed by atoms with Crippen molar-refractivity contribution in [2.75, 3.05) is 6.61 Å². The molecule has 0 heterocycles. The summed E-state index contributed by atoms with van der Waals surface area (Å²) in [6.45, 7) is 21.8. The summed E-state index contributed by atoms with van der Waals surface area (Å²) < 4.78 is 18.0. The van der Waals surface area contributed by atoms with Gasteiger partial charge in [0.05, 0.1) is 29.5 Å². The first kappa shape index (κ1) is 36.4. The number of rotatable bonds is 14. The molecule has 1 aromatic carbocycles. The molecule has 10 heteroatoms. The molecule has 41 heavy (non-hydrogen) atoms. The number of halogens is 1. The first-order valence-corrected chi connectivity index (χ1v) is 17.6. The highest BCUT2D eigenvalue weighted by atomic mass is 79.9. The molecule has 0 bridgehead atoms. The number of alkyl carbamates (subject to hydrolysis) is 1. The van der Waals surface area contributed by atoms with Crippen LogP contribution in [0.25, 0.3) is 0 Å². The minimum absolute atomic E-state index is 0.0208. The number of carboxylic acids is 1. The van der Waals surface area contributed by atoms with Crippen molar-refractivity contribution < 1.29 is 33.4 Å². The Morgan fingerprint density at radius 1 is 1.12 bits per heavy atom. The molecule has 0 spiro atoms. The number of benzene rings is 1. The van der Waals surface area contributed by atoms with E-state index in [1.165, 1.54) is 0 Å². The summed E-state index contributed by atoms with van der Waals surface area (Å²) in [5.74, 6) is -1.16. The zero-order chi connectivity index (χ0) is 31.6. The normalized spacial score (nSPS) is 14.0. The first-order chi connectivity index (χ1) is 18.8. The maximum Gasteiger partial charge on any atom is 0.408 e. The van der Waals surface area contributed by atoms with Crippen molar-refractivity contribution in [2.45, 2.75) is 104 Å². The van der Waals surface area contributed by atoms with E-state index in [0.29, 0.717) is 30.6 Å². The largest absolute Gasteiger partial charge is 0.543 e. The molecule has 230 valence electrons. The molecule has 0 fully saturated rings. The van der Waals surface area contributed by atoms with Crippen LogP contribution in [-0.4, -0.2) is 43.7 Å². The summed E-state index contributed by atoms with van der Waals surface area (Å²) >= 11 is 3.60. The summed E-state index contributed by atoms with van der Waals surface area (Å²) in [7, 11) is -2.08. The van der Waals surface area contributed by atoms with Crippen LogP contribution in [0.15, 0.2) is 47.0 Å². The van der Waals surface area contributed by atoms with Crippen molar-refractivity contribution in [3.05, 3.63) is 52.5 Å². The zero-order valence-corrected chi connectivity index (χ0v) is 28.6. The number of amides is 1. The zero-order valence-electron chi connectivity index (χ0n) is 26.1. The average molecular weight is 655 g/mol. The highest BCUT2D eigenvalue weighted by Crippen LogP contribution is 2.40. The smallest absolute Gasteiger partial charge is 0.408 e. The van der Waals surface area contributed by atoms with Gasteiger partial charge in [0.1, 0.15) is 11.4 Å². The molecular formula is C31H48BrNO7Si. The fourth-order valence-electron chi connectivity index (χ4n) is 3.59. The van der Waals surface area contributed by atoms with Gasteiger partial charge in [0.2, 0.25) is 0 Å². The molecule has 2 N–H and O–H groups in total. The summed E-state index contributed by atoms with van der Waals surface area (Å²) in [4.78, 5) is 36.8. The molecule has 0 aliphatic heterocycles. The van der Waals surface area contributed by atoms with Gasteiger partial charge >= 0.3 is 18.0 Å². The molecule has 2 atom stereocenters. The van der Waals surface area contributed by atoms with E-state index in [4.69, 9.17) is 13.9 Å². The average Bonchev–Trinajstić information content (AvgIpc) is 2.80. The predicted octanol–water partition coefficient (Wildman–Crippen LogP) is 8.34. The number of esters is 1. The lowest BCUT2D eigenvalue weighted by Crippen LogP contribution is -2.44. The van der Waals surface area contributed by atoms with E-state index < -0.39 is 43.9 Å². The van der Waals surface area contributed by atoms with Crippen LogP contribution in [0.5, 0.6) is 5.75 Å². The highest BCUT2D eigenvalue weighted by molar-refractivity contribution is 9.10. The standard InChI is InChI=1S/C31H48BrNO7Si/c1-11-13-23(28(35)36)18-21(2)14-12-17-38-27(34)20-25(33-29(37)39-30(3,4)5)22-15-16-26(24(32)19-22)40-41(9,10)31(6,7)8/h11,14-16,19,23,25H,1,12-13,17-18,20H2,2-10H3,(H,33,37)(H,35,36)/t23-,25?/m1/s1. The van der Waals surface area contributed by atoms with Gasteiger partial charge in [-0.15, -0.1) is 6.58 Å². The molecule has 0 aromatic heterocycles. The van der Waals surface area contributed by atoms with Crippen LogP contribution >= 0.6 is 15.9 Å². The molecule has 0 saturated heterocycles. The maximum atomic E-state index is 12.8. The lowest BCUT2D eigenvalue weighted by Gasteiger charge is -2.36. The summed E-state index contributed by atoms with van der Waals surface area (Å²) in [5.41, 5.74) is 0.899. The quantitative estimate of drug-likeness (QED) is 0.0898. The van der Waals surface area contributed by atoms with Crippen molar-refractivity contribution in [1.82, 2.24) is 5.32 Å². The Balaban J connectivity index is 2.98. The number of carbonyl (C=O) groups is 3. The van der Waals surface area contributed by atoms with Crippen LogP contribution in [-0.2, 0) is 19.1 Å². The first-order valence-electron chi connectivity index (χ1n) is 13.9. The third-order valence-electron chi connectivity index (χ3n) is 6.83. The van der Waals surface area contributed by atoms with Crippen LogP contribution in [0.2, 0.25) is 18.1 Å². The SMILES string of the molecule is C=CC[C@H](CC(C)=CCCOC(=O)CC(NC(=O)OC(C)(C)C)c1ccc(O[Si](C)(C)C(C)(C)C)c(Br)c1)C(=O)O. The van der Waals surface area contributed by atoms with E-state index >= 15 is 0 Å². The van der Waals surface area contributed by atoms with E-state index in [9.17, 15) is 19.5 Å². The number of allylic oxidation sites excluding steroid dienone is 2. The van der Waals surface area contributed by atoms with Gasteiger partial charge in [-0.25, -0.2) is 4.79 Å². The van der Waals surface area contributed by atoms with E-state index in [-0.39, 0.29) is 18.1 Å². The van der Waals surface area contributed by atoms with Crippen molar-refractivity contribution in [2.24, 2.45) is 5.92 Å². The summed E-state index contributed by atoms with van der Waals surface area (Å²) in [6, 6.07) is 4.82. The summed E-state index contributed by atoms with van der Waals surface area (Å²) in [6.07, 6.45) is 3.98. The van der Waals surface area contributed by atoms with E-state index in [1.54, 1.807) is 26.8 Å². The molecule has 1 amide bonds. The number of ether oxygens (including phenoxy) is 2. The molecule has 1 unspecified atom stereocenters. The Bertz CT molecular complexity index is 1100. The maximum absolute atomic E-state index is 12.8. The van der Waals surface area contributed by atoms with E-state index in [2.05, 4.69) is 61.7 Å². The van der Waals surface area contributed by atoms with Gasteiger partial charge in [-0.3, -0.25) is 9.59 Å². The number of carbonyl (C=O) groups excluding carboxylic acids is 2. The highest BCUT2D eigenvalue weighted by Gasteiger charge is 2.39. The van der Waals surface area contributed by atoms with Gasteiger partial charge in [-0.1, -0.05) is 44.6 Å². The Hall–Kier alpha value is -2.59. The van der Waals surface area contributed by atoms with E-state index in [1.807, 2.05) is 31.2 Å². The Morgan fingerprint density at radius 3 is 2.27 bits per heavy atom. The van der Waals surface area contributed by atoms with Gasteiger partial charge in [0, 0.05) is 0 Å². The molecule has 0 aliphatic rings. The number of carboxylic acid groups (broad SMARTS) is 1. The predicted molar refractivity (Wildman–Crippen MR) is 169 cm³/mol. The van der Waals surface area contributed by atoms with Gasteiger partial charge < -0.3 is 24.3 Å². The molecule has 8 nitrogen and oxygen atoms in total. The number of hydrogen-bond acceptors (Lipinski definition) is 6. The van der Waals surface area contributed by atoms with Gasteiger partial charge in [-0.05, 0) is 98.7 Å². The summed E-state index contributed by atoms with van der Waals surface area (Å²) in [5, 5.41) is 12.1. The Labute approximate surface area is 255 Å². The van der Waals surface area contributed by atoms with Crippen molar-refractivity contribution in [3.63, 3.8) is 0 Å². The molecule has 1 aromatic rings. The second-order valence-electron chi connectivity index (χ2n) is 12.8. The topological polar surface area (TPSA) is 111 Å². The number of hydrogen-bond donors (Lipinski definition) is 2. The fraction of sp³-hybridized carbons (Fsp3) is 0.581. The molecule has 0 saturated carbocycles. The monoisotopic (exact) mass is 653 g/mol. The Kier molecular flexibility index (Phi) is 13.8. The second kappa shape index (κ2) is 15.6. The van der Waals surface area contributed by atoms with Crippen LogP contribution in [0.3, 0.4) is 0 Å². The van der Waals surface area contributed by atoms with Crippen molar-refractivity contribution >= 4 is 42.3 Å². The molecule has 0 aliphatic carbocycles.